The number of hydrogen-bond acceptors (Lipinski definition) is 4. The summed E-state index contributed by atoms with van der Waals surface area (Å²) in [6.07, 6.45) is 0. The lowest BCUT2D eigenvalue weighted by molar-refractivity contribution is 0.102. The summed E-state index contributed by atoms with van der Waals surface area (Å²) in [6.45, 7) is 2.05. The van der Waals surface area contributed by atoms with Crippen molar-refractivity contribution in [3.63, 3.8) is 0 Å². The van der Waals surface area contributed by atoms with Crippen LogP contribution in [0.15, 0.2) is 78.9 Å². The summed E-state index contributed by atoms with van der Waals surface area (Å²) in [4.78, 5) is 18.3. The van der Waals surface area contributed by atoms with E-state index < -0.39 is 0 Å². The molecule has 4 nitrogen and oxygen atoms in total. The van der Waals surface area contributed by atoms with Crippen LogP contribution < -0.4 is 5.32 Å². The minimum Gasteiger partial charge on any atom is -0.298 e. The van der Waals surface area contributed by atoms with Crippen LogP contribution in [-0.4, -0.2) is 10.9 Å². The molecule has 0 aliphatic rings. The van der Waals surface area contributed by atoms with Gasteiger partial charge in [0.05, 0.1) is 22.2 Å². The van der Waals surface area contributed by atoms with E-state index in [1.54, 1.807) is 24.3 Å². The molecule has 0 aliphatic carbocycles. The number of aryl methyl sites for hydroxylation is 1. The van der Waals surface area contributed by atoms with Crippen LogP contribution in [0.2, 0.25) is 0 Å². The number of rotatable bonds is 4. The van der Waals surface area contributed by atoms with E-state index in [9.17, 15) is 4.79 Å². The van der Waals surface area contributed by atoms with Crippen molar-refractivity contribution in [3.05, 3.63) is 95.6 Å². The number of anilines is 1. The van der Waals surface area contributed by atoms with Crippen molar-refractivity contribution in [1.82, 2.24) is 4.98 Å². The fourth-order valence-corrected chi connectivity index (χ4v) is 3.92. The molecule has 0 aliphatic heterocycles. The average molecular weight is 395 g/mol. The highest BCUT2D eigenvalue weighted by molar-refractivity contribution is 7.19. The number of carbonyl (C=O) groups excluding carboxylic acids is 1. The lowest BCUT2D eigenvalue weighted by atomic mass is 10.1. The molecule has 4 aromatic rings. The predicted molar refractivity (Wildman–Crippen MR) is 117 cm³/mol. The summed E-state index contributed by atoms with van der Waals surface area (Å²) >= 11 is 1.45. The molecule has 1 heterocycles. The van der Waals surface area contributed by atoms with Crippen LogP contribution in [0.1, 0.15) is 21.5 Å². The van der Waals surface area contributed by atoms with Crippen LogP contribution >= 0.6 is 11.3 Å². The smallest absolute Gasteiger partial charge is 0.257 e. The Morgan fingerprint density at radius 2 is 1.62 bits per heavy atom. The number of aromatic nitrogens is 1. The molecule has 0 radical (unpaired) electrons. The van der Waals surface area contributed by atoms with Crippen LogP contribution in [-0.2, 0) is 0 Å². The second-order valence-corrected chi connectivity index (χ2v) is 7.57. The van der Waals surface area contributed by atoms with Gasteiger partial charge in [0, 0.05) is 11.1 Å². The normalized spacial score (nSPS) is 10.3. The Morgan fingerprint density at radius 3 is 2.28 bits per heavy atom. The van der Waals surface area contributed by atoms with Gasteiger partial charge >= 0.3 is 0 Å². The molecule has 3 aromatic carbocycles. The van der Waals surface area contributed by atoms with Gasteiger partial charge in [0.15, 0.2) is 5.13 Å². The number of nitriles is 1. The van der Waals surface area contributed by atoms with E-state index in [-0.39, 0.29) is 5.91 Å². The van der Waals surface area contributed by atoms with E-state index in [1.165, 1.54) is 16.9 Å². The topological polar surface area (TPSA) is 65.8 Å². The minimum absolute atomic E-state index is 0.252. The van der Waals surface area contributed by atoms with Crippen molar-refractivity contribution >= 4 is 22.4 Å². The Hall–Kier alpha value is -3.75. The molecule has 0 fully saturated rings. The molecule has 1 N–H and O–H groups in total. The third-order valence-electron chi connectivity index (χ3n) is 4.48. The van der Waals surface area contributed by atoms with Crippen LogP contribution in [0.4, 0.5) is 5.13 Å². The molecular weight excluding hydrogens is 378 g/mol. The van der Waals surface area contributed by atoms with Gasteiger partial charge in [0.1, 0.15) is 0 Å². The molecule has 0 unspecified atom stereocenters. The Labute approximate surface area is 173 Å². The van der Waals surface area contributed by atoms with Crippen molar-refractivity contribution in [2.24, 2.45) is 0 Å². The number of nitrogens with one attached hydrogen (secondary N) is 1. The number of nitrogens with zero attached hydrogens (tertiary/aromatic N) is 2. The van der Waals surface area contributed by atoms with Crippen LogP contribution in [0, 0.1) is 18.3 Å². The van der Waals surface area contributed by atoms with E-state index in [0.717, 1.165) is 21.7 Å². The first kappa shape index (κ1) is 18.6. The molecule has 1 amide bonds. The van der Waals surface area contributed by atoms with Gasteiger partial charge in [0.2, 0.25) is 0 Å². The van der Waals surface area contributed by atoms with E-state index in [4.69, 9.17) is 10.2 Å². The molecule has 29 heavy (non-hydrogen) atoms. The van der Waals surface area contributed by atoms with Gasteiger partial charge in [-0.3, -0.25) is 10.1 Å². The number of amides is 1. The number of thiazole rings is 1. The molecule has 0 saturated carbocycles. The molecule has 0 atom stereocenters. The Balaban J connectivity index is 1.70. The Bertz CT molecular complexity index is 1190. The van der Waals surface area contributed by atoms with Crippen LogP contribution in [0.5, 0.6) is 0 Å². The predicted octanol–water partition coefficient (Wildman–Crippen LogP) is 5.91. The maximum atomic E-state index is 12.6. The molecule has 0 saturated heterocycles. The zero-order valence-corrected chi connectivity index (χ0v) is 16.5. The SMILES string of the molecule is Cc1ccc(-c2nc(NC(=O)c3ccc(C#N)cc3)sc2-c2ccccc2)cc1. The molecule has 0 bridgehead atoms. The maximum absolute atomic E-state index is 12.6. The summed E-state index contributed by atoms with van der Waals surface area (Å²) in [5.41, 5.74) is 5.08. The summed E-state index contributed by atoms with van der Waals surface area (Å²) in [5, 5.41) is 12.3. The molecule has 1 aromatic heterocycles. The number of carbonyl (C=O) groups is 1. The minimum atomic E-state index is -0.252. The fraction of sp³-hybridized carbons (Fsp3) is 0.0417. The third-order valence-corrected chi connectivity index (χ3v) is 5.50. The van der Waals surface area contributed by atoms with Crippen molar-refractivity contribution in [3.8, 4) is 27.8 Å². The van der Waals surface area contributed by atoms with E-state index >= 15 is 0 Å². The van der Waals surface area contributed by atoms with Gasteiger partial charge in [0.25, 0.3) is 5.91 Å². The van der Waals surface area contributed by atoms with Gasteiger partial charge in [-0.05, 0) is 36.8 Å². The van der Waals surface area contributed by atoms with Gasteiger partial charge < -0.3 is 0 Å². The van der Waals surface area contributed by atoms with Gasteiger partial charge in [-0.15, -0.1) is 0 Å². The van der Waals surface area contributed by atoms with Crippen molar-refractivity contribution in [2.75, 3.05) is 5.32 Å². The third kappa shape index (κ3) is 4.08. The first-order valence-corrected chi connectivity index (χ1v) is 9.90. The van der Waals surface area contributed by atoms with Crippen LogP contribution in [0.25, 0.3) is 21.7 Å². The Morgan fingerprint density at radius 1 is 0.931 bits per heavy atom. The largest absolute Gasteiger partial charge is 0.298 e. The van der Waals surface area contributed by atoms with Gasteiger partial charge in [-0.2, -0.15) is 5.26 Å². The Kier molecular flexibility index (Phi) is 5.19. The lowest BCUT2D eigenvalue weighted by Gasteiger charge is -2.03. The summed E-state index contributed by atoms with van der Waals surface area (Å²) in [6, 6.07) is 26.8. The monoisotopic (exact) mass is 395 g/mol. The molecule has 0 spiro atoms. The molecular formula is C24H17N3OS. The summed E-state index contributed by atoms with van der Waals surface area (Å²) < 4.78 is 0. The lowest BCUT2D eigenvalue weighted by Crippen LogP contribution is -2.11. The quantitative estimate of drug-likeness (QED) is 0.467. The van der Waals surface area contributed by atoms with Crippen molar-refractivity contribution in [1.29, 1.82) is 5.26 Å². The molecule has 4 rings (SSSR count). The highest BCUT2D eigenvalue weighted by atomic mass is 32.1. The molecule has 5 heteroatoms. The second-order valence-electron chi connectivity index (χ2n) is 6.57. The highest BCUT2D eigenvalue weighted by Crippen LogP contribution is 2.39. The zero-order valence-electron chi connectivity index (χ0n) is 15.7. The fourth-order valence-electron chi connectivity index (χ4n) is 2.93. The maximum Gasteiger partial charge on any atom is 0.257 e. The second kappa shape index (κ2) is 8.09. The first-order chi connectivity index (χ1) is 14.1. The van der Waals surface area contributed by atoms with Gasteiger partial charge in [-0.1, -0.05) is 71.5 Å². The summed E-state index contributed by atoms with van der Waals surface area (Å²) in [5.74, 6) is -0.252. The van der Waals surface area contributed by atoms with E-state index in [2.05, 4.69) is 23.5 Å². The van der Waals surface area contributed by atoms with Gasteiger partial charge in [-0.25, -0.2) is 4.98 Å². The van der Waals surface area contributed by atoms with Crippen LogP contribution in [0.3, 0.4) is 0 Å². The van der Waals surface area contributed by atoms with E-state index in [0.29, 0.717) is 16.3 Å². The summed E-state index contributed by atoms with van der Waals surface area (Å²) in [7, 11) is 0. The standard InChI is InChI=1S/C24H17N3OS/c1-16-7-11-18(12-8-16)21-22(19-5-3-2-4-6-19)29-24(26-21)27-23(28)20-13-9-17(15-25)10-14-20/h2-14H,1H3,(H,26,27,28). The first-order valence-electron chi connectivity index (χ1n) is 9.09. The molecule has 140 valence electrons. The number of hydrogen-bond donors (Lipinski definition) is 1. The van der Waals surface area contributed by atoms with Crippen molar-refractivity contribution in [2.45, 2.75) is 6.92 Å². The highest BCUT2D eigenvalue weighted by Gasteiger charge is 2.17. The van der Waals surface area contributed by atoms with E-state index in [1.807, 2.05) is 49.4 Å². The van der Waals surface area contributed by atoms with Crippen molar-refractivity contribution < 1.29 is 4.79 Å². The zero-order chi connectivity index (χ0) is 20.2. The average Bonchev–Trinajstić information content (AvgIpc) is 3.18. The number of benzene rings is 3.